The van der Waals surface area contributed by atoms with Crippen LogP contribution in [0.4, 0.5) is 0 Å². The fraction of sp³-hybridized carbons (Fsp3) is 0.667. The van der Waals surface area contributed by atoms with Crippen molar-refractivity contribution >= 4 is 0 Å². The van der Waals surface area contributed by atoms with Gasteiger partial charge in [0, 0.05) is 12.1 Å². The second kappa shape index (κ2) is 5.50. The predicted octanol–water partition coefficient (Wildman–Crippen LogP) is 3.72. The van der Waals surface area contributed by atoms with Gasteiger partial charge in [0.25, 0.3) is 0 Å². The molecule has 2 nitrogen and oxygen atoms in total. The maximum atomic E-state index is 10.9. The van der Waals surface area contributed by atoms with Gasteiger partial charge < -0.3 is 5.11 Å². The normalized spacial score (nSPS) is 38.5. The van der Waals surface area contributed by atoms with Crippen LogP contribution in [0.3, 0.4) is 0 Å². The molecular formula is C18H27NO. The molecule has 2 heteroatoms. The molecule has 0 saturated carbocycles. The molecule has 0 aromatic heterocycles. The highest BCUT2D eigenvalue weighted by atomic mass is 16.3. The van der Waals surface area contributed by atoms with Crippen LogP contribution >= 0.6 is 0 Å². The van der Waals surface area contributed by atoms with Crippen molar-refractivity contribution in [2.45, 2.75) is 64.1 Å². The van der Waals surface area contributed by atoms with E-state index in [1.54, 1.807) is 0 Å². The number of piperidine rings is 1. The average Bonchev–Trinajstić information content (AvgIpc) is 2.46. The first-order valence-corrected chi connectivity index (χ1v) is 8.12. The van der Waals surface area contributed by atoms with Gasteiger partial charge in [-0.3, -0.25) is 4.90 Å². The zero-order valence-electron chi connectivity index (χ0n) is 12.9. The lowest BCUT2D eigenvalue weighted by molar-refractivity contribution is -0.0178. The van der Waals surface area contributed by atoms with Crippen LogP contribution in [0.25, 0.3) is 0 Å². The predicted molar refractivity (Wildman–Crippen MR) is 82.8 cm³/mol. The van der Waals surface area contributed by atoms with Crippen molar-refractivity contribution in [2.24, 2.45) is 5.92 Å². The van der Waals surface area contributed by atoms with Crippen molar-refractivity contribution in [1.29, 1.82) is 0 Å². The van der Waals surface area contributed by atoms with Crippen LogP contribution in [0.1, 0.15) is 63.2 Å². The van der Waals surface area contributed by atoms with Crippen LogP contribution in [0, 0.1) is 5.92 Å². The third kappa shape index (κ3) is 2.29. The van der Waals surface area contributed by atoms with Crippen molar-refractivity contribution in [3.63, 3.8) is 0 Å². The summed E-state index contributed by atoms with van der Waals surface area (Å²) in [6, 6.07) is 9.31. The van der Waals surface area contributed by atoms with E-state index in [2.05, 4.69) is 49.9 Å². The third-order valence-corrected chi connectivity index (χ3v) is 5.65. The first kappa shape index (κ1) is 14.1. The quantitative estimate of drug-likeness (QED) is 0.843. The minimum Gasteiger partial charge on any atom is -0.387 e. The second-order valence-corrected chi connectivity index (χ2v) is 6.88. The molecular weight excluding hydrogens is 246 g/mol. The third-order valence-electron chi connectivity index (χ3n) is 5.65. The van der Waals surface area contributed by atoms with Gasteiger partial charge in [0.15, 0.2) is 0 Å². The lowest BCUT2D eigenvalue weighted by Gasteiger charge is -2.47. The maximum Gasteiger partial charge on any atom is 0.0948 e. The van der Waals surface area contributed by atoms with Gasteiger partial charge in [0.1, 0.15) is 0 Å². The van der Waals surface area contributed by atoms with E-state index in [9.17, 15) is 5.11 Å². The minimum atomic E-state index is -0.324. The van der Waals surface area contributed by atoms with Crippen LogP contribution in [0.5, 0.6) is 0 Å². The summed E-state index contributed by atoms with van der Waals surface area (Å²) in [6.45, 7) is 8.13. The highest BCUT2D eigenvalue weighted by Gasteiger charge is 2.39. The Hall–Kier alpha value is -0.860. The summed E-state index contributed by atoms with van der Waals surface area (Å²) in [5, 5.41) is 10.9. The summed E-state index contributed by atoms with van der Waals surface area (Å²) >= 11 is 0. The standard InChI is InChI=1S/C18H27NO/c1-12-7-6-10-19(14(12)3)17-11-13(2)15-8-4-5-9-16(15)18(17)20/h4-5,8-9,12-14,17-18,20H,6-7,10-11H2,1-3H3. The molecule has 5 unspecified atom stereocenters. The number of fused-ring (bicyclic) bond motifs is 1. The molecule has 5 atom stereocenters. The largest absolute Gasteiger partial charge is 0.387 e. The van der Waals surface area contributed by atoms with Crippen LogP contribution in [0.2, 0.25) is 0 Å². The highest BCUT2D eigenvalue weighted by molar-refractivity contribution is 5.35. The molecule has 1 fully saturated rings. The molecule has 1 heterocycles. The summed E-state index contributed by atoms with van der Waals surface area (Å²) in [7, 11) is 0. The summed E-state index contributed by atoms with van der Waals surface area (Å²) < 4.78 is 0. The van der Waals surface area contributed by atoms with Crippen molar-refractivity contribution in [1.82, 2.24) is 4.90 Å². The van der Waals surface area contributed by atoms with Gasteiger partial charge in [-0.1, -0.05) is 38.1 Å². The molecule has 20 heavy (non-hydrogen) atoms. The van der Waals surface area contributed by atoms with E-state index in [-0.39, 0.29) is 12.1 Å². The van der Waals surface area contributed by atoms with Gasteiger partial charge in [0.05, 0.1) is 6.10 Å². The number of aliphatic hydroxyl groups is 1. The molecule has 0 spiro atoms. The number of aliphatic hydroxyl groups excluding tert-OH is 1. The van der Waals surface area contributed by atoms with Crippen LogP contribution in [-0.4, -0.2) is 28.6 Å². The first-order valence-electron chi connectivity index (χ1n) is 8.12. The smallest absolute Gasteiger partial charge is 0.0948 e. The van der Waals surface area contributed by atoms with Crippen molar-refractivity contribution in [2.75, 3.05) is 6.54 Å². The molecule has 3 rings (SSSR count). The number of rotatable bonds is 1. The zero-order valence-corrected chi connectivity index (χ0v) is 12.9. The summed E-state index contributed by atoms with van der Waals surface area (Å²) in [6.07, 6.45) is 3.35. The van der Waals surface area contributed by atoms with E-state index in [0.717, 1.165) is 24.4 Å². The van der Waals surface area contributed by atoms with Gasteiger partial charge in [-0.2, -0.15) is 0 Å². The fourth-order valence-electron chi connectivity index (χ4n) is 4.21. The lowest BCUT2D eigenvalue weighted by Crippen LogP contribution is -2.52. The van der Waals surface area contributed by atoms with Gasteiger partial charge in [0.2, 0.25) is 0 Å². The molecule has 0 radical (unpaired) electrons. The Balaban J connectivity index is 1.89. The van der Waals surface area contributed by atoms with Crippen molar-refractivity contribution in [3.8, 4) is 0 Å². The van der Waals surface area contributed by atoms with E-state index in [0.29, 0.717) is 12.0 Å². The van der Waals surface area contributed by atoms with E-state index in [1.807, 2.05) is 0 Å². The van der Waals surface area contributed by atoms with Gasteiger partial charge in [-0.25, -0.2) is 0 Å². The lowest BCUT2D eigenvalue weighted by atomic mass is 9.77. The Morgan fingerprint density at radius 3 is 2.55 bits per heavy atom. The number of likely N-dealkylation sites (tertiary alicyclic amines) is 1. The SMILES string of the molecule is CC1CC(N2CCCC(C)C2C)C(O)c2ccccc21. The summed E-state index contributed by atoms with van der Waals surface area (Å²) in [5.74, 6) is 1.28. The number of hydrogen-bond acceptors (Lipinski definition) is 2. The maximum absolute atomic E-state index is 10.9. The first-order chi connectivity index (χ1) is 9.59. The zero-order chi connectivity index (χ0) is 14.3. The van der Waals surface area contributed by atoms with Crippen molar-refractivity contribution in [3.05, 3.63) is 35.4 Å². The second-order valence-electron chi connectivity index (χ2n) is 6.88. The van der Waals surface area contributed by atoms with Gasteiger partial charge >= 0.3 is 0 Å². The Morgan fingerprint density at radius 1 is 1.10 bits per heavy atom. The molecule has 1 aliphatic carbocycles. The van der Waals surface area contributed by atoms with E-state index < -0.39 is 0 Å². The van der Waals surface area contributed by atoms with Gasteiger partial charge in [-0.15, -0.1) is 0 Å². The average molecular weight is 273 g/mol. The fourth-order valence-corrected chi connectivity index (χ4v) is 4.21. The molecule has 1 N–H and O–H groups in total. The highest BCUT2D eigenvalue weighted by Crippen LogP contribution is 2.41. The van der Waals surface area contributed by atoms with E-state index >= 15 is 0 Å². The Kier molecular flexibility index (Phi) is 3.87. The molecule has 0 bridgehead atoms. The Labute approximate surface area is 122 Å². The van der Waals surface area contributed by atoms with Crippen molar-refractivity contribution < 1.29 is 5.11 Å². The molecule has 0 amide bonds. The molecule has 1 saturated heterocycles. The Bertz CT molecular complexity index is 472. The number of benzene rings is 1. The molecule has 1 aromatic carbocycles. The number of nitrogens with zero attached hydrogens (tertiary/aromatic N) is 1. The molecule has 1 aliphatic heterocycles. The van der Waals surface area contributed by atoms with Crippen LogP contribution in [-0.2, 0) is 0 Å². The molecule has 1 aromatic rings. The summed E-state index contributed by atoms with van der Waals surface area (Å²) in [5.41, 5.74) is 2.50. The summed E-state index contributed by atoms with van der Waals surface area (Å²) in [4.78, 5) is 2.57. The topological polar surface area (TPSA) is 23.5 Å². The van der Waals surface area contributed by atoms with Crippen LogP contribution < -0.4 is 0 Å². The Morgan fingerprint density at radius 2 is 1.80 bits per heavy atom. The molecule has 110 valence electrons. The van der Waals surface area contributed by atoms with Crippen LogP contribution in [0.15, 0.2) is 24.3 Å². The van der Waals surface area contributed by atoms with E-state index in [4.69, 9.17) is 0 Å². The monoisotopic (exact) mass is 273 g/mol. The van der Waals surface area contributed by atoms with Gasteiger partial charge in [-0.05, 0) is 55.7 Å². The minimum absolute atomic E-state index is 0.289. The van der Waals surface area contributed by atoms with E-state index in [1.165, 1.54) is 18.4 Å². The number of hydrogen-bond donors (Lipinski definition) is 1. The molecule has 2 aliphatic rings.